The van der Waals surface area contributed by atoms with Crippen molar-refractivity contribution in [3.05, 3.63) is 33.1 Å². The van der Waals surface area contributed by atoms with Crippen molar-refractivity contribution in [1.29, 1.82) is 0 Å². The first-order chi connectivity index (χ1) is 31.8. The molecule has 14 atom stereocenters. The molecule has 0 bridgehead atoms. The SMILES string of the molecule is CC(C)CCCCCCCC(CC(=O)O[C@H]1CN(C)[C@@H]([C@H](O[C@@H]2O[C@H](CN)[C@@H](O)[C@H]2OS(=O)(=O)[O-])[C@H]2O[C@@H](n3ccc(=O)[nH]c3=O)[C@H](O)[C@@H]2O)C(=O)N(C)[C@@H]1C(=O)O)OC(=O)CC(C)CC(=O)O.[Na+]. The average Bonchev–Trinajstić information content (AvgIpc) is 3.64. The summed E-state index contributed by atoms with van der Waals surface area (Å²) in [6.07, 6.45) is -15.2. The molecular weight excluding hydrogens is 954 g/mol. The monoisotopic (exact) mass is 1020 g/mol. The first-order valence-corrected chi connectivity index (χ1v) is 23.6. The molecule has 28 heteroatoms. The Balaban J connectivity index is 0.0000126. The molecule has 1 amide bonds. The van der Waals surface area contributed by atoms with E-state index in [9.17, 15) is 67.0 Å². The minimum Gasteiger partial charge on any atom is -0.726 e. The number of H-pyrrole nitrogens is 1. The largest absolute Gasteiger partial charge is 1.00 e. The van der Waals surface area contributed by atoms with E-state index in [1.165, 1.54) is 7.05 Å². The van der Waals surface area contributed by atoms with E-state index >= 15 is 0 Å². The van der Waals surface area contributed by atoms with Crippen LogP contribution in [0.3, 0.4) is 0 Å². The molecule has 69 heavy (non-hydrogen) atoms. The fraction of sp³-hybridized carbons (Fsp3) is 0.780. The number of esters is 2. The van der Waals surface area contributed by atoms with Crippen molar-refractivity contribution in [2.24, 2.45) is 17.6 Å². The topological polar surface area (TPSA) is 386 Å². The van der Waals surface area contributed by atoms with Crippen LogP contribution < -0.4 is 46.5 Å². The van der Waals surface area contributed by atoms with Crippen LogP contribution >= 0.6 is 0 Å². The van der Waals surface area contributed by atoms with Crippen molar-refractivity contribution in [3.63, 3.8) is 0 Å². The molecule has 0 saturated carbocycles. The predicted molar refractivity (Wildman–Crippen MR) is 229 cm³/mol. The van der Waals surface area contributed by atoms with Crippen LogP contribution in [-0.2, 0) is 62.2 Å². The number of ether oxygens (including phenoxy) is 5. The zero-order chi connectivity index (χ0) is 50.8. The quantitative estimate of drug-likeness (QED) is 0.0158. The molecule has 3 fully saturated rings. The van der Waals surface area contributed by atoms with Gasteiger partial charge < -0.3 is 64.4 Å². The van der Waals surface area contributed by atoms with Gasteiger partial charge in [-0.05, 0) is 31.7 Å². The number of amides is 1. The third-order valence-electron chi connectivity index (χ3n) is 12.0. The maximum atomic E-state index is 14.6. The molecule has 3 aliphatic rings. The Bertz CT molecular complexity index is 2130. The molecule has 3 saturated heterocycles. The standard InChI is InChI=1S/C41H65N5O21S.Na/c1-20(2)11-9-7-6-8-10-12-22(62-27(50)16-21(3)15-26(48)49)17-28(51)63-24-19-44(4)30(37(55)45(5)29(24)39(56)57)34(66-40-36(67-68(59,60)61)31(52)23(18-42)64-40)35-32(53)33(54)38(65-35)46-14-13-25(47)43-41(46)58;/h13-14,20-24,29-36,38,40,52-54H,6-12,15-19,42H2,1-5H3,(H,48,49)(H,56,57)(H,43,47,58)(H,59,60,61);/q;+1/p-1/t21?,22?,23-,24+,29+,30+,31-,32+,33-,34+,35+,36-,38-,40+;/m1./s1. The molecule has 0 aromatic carbocycles. The number of carboxylic acids is 2. The van der Waals surface area contributed by atoms with E-state index in [1.54, 1.807) is 6.92 Å². The number of likely N-dealkylation sites (N-methyl/N-ethyl adjacent to an activating group) is 2. The van der Waals surface area contributed by atoms with E-state index in [0.717, 1.165) is 56.3 Å². The third kappa shape index (κ3) is 16.8. The number of nitrogens with zero attached hydrogens (tertiary/aromatic N) is 3. The Kier molecular flexibility index (Phi) is 23.3. The Hall–Kier alpha value is -3.42. The van der Waals surface area contributed by atoms with Crippen molar-refractivity contribution in [3.8, 4) is 0 Å². The van der Waals surface area contributed by atoms with Crippen molar-refractivity contribution >= 4 is 40.2 Å². The van der Waals surface area contributed by atoms with E-state index in [2.05, 4.69) is 18.0 Å². The van der Waals surface area contributed by atoms with Gasteiger partial charge in [-0.1, -0.05) is 52.9 Å². The third-order valence-corrected chi connectivity index (χ3v) is 12.4. The summed E-state index contributed by atoms with van der Waals surface area (Å²) in [5.41, 5.74) is 3.75. The molecule has 8 N–H and O–H groups in total. The fourth-order valence-electron chi connectivity index (χ4n) is 8.59. The van der Waals surface area contributed by atoms with Gasteiger partial charge in [0.05, 0.1) is 6.42 Å². The molecule has 2 unspecified atom stereocenters. The van der Waals surface area contributed by atoms with E-state index in [4.69, 9.17) is 34.5 Å². The van der Waals surface area contributed by atoms with Crippen molar-refractivity contribution in [2.75, 3.05) is 27.2 Å². The van der Waals surface area contributed by atoms with E-state index in [0.29, 0.717) is 21.8 Å². The zero-order valence-electron chi connectivity index (χ0n) is 39.4. The number of carbonyl (C=O) groups excluding carboxylic acids is 3. The summed E-state index contributed by atoms with van der Waals surface area (Å²) in [4.78, 5) is 93.9. The van der Waals surface area contributed by atoms with E-state index < -0.39 is 156 Å². The van der Waals surface area contributed by atoms with E-state index in [-0.39, 0.29) is 48.8 Å². The molecule has 26 nitrogen and oxygen atoms in total. The number of hydrogen-bond acceptors (Lipinski definition) is 21. The normalized spacial score (nSPS) is 28.9. The average molecular weight is 1020 g/mol. The summed E-state index contributed by atoms with van der Waals surface area (Å²) >= 11 is 0. The number of unbranched alkanes of at least 4 members (excludes halogenated alkanes) is 4. The van der Waals surface area contributed by atoms with Crippen LogP contribution in [0.15, 0.2) is 21.9 Å². The molecule has 1 aromatic heterocycles. The summed E-state index contributed by atoms with van der Waals surface area (Å²) in [6, 6.07) is -2.91. The number of carboxylic acid groups (broad SMARTS) is 2. The number of aromatic nitrogens is 2. The Morgan fingerprint density at radius 3 is 2.13 bits per heavy atom. The minimum atomic E-state index is -5.61. The zero-order valence-corrected chi connectivity index (χ0v) is 42.2. The number of carbonyl (C=O) groups is 5. The maximum absolute atomic E-state index is 14.6. The number of aliphatic carboxylic acids is 2. The predicted octanol–water partition coefficient (Wildman–Crippen LogP) is -5.24. The maximum Gasteiger partial charge on any atom is 1.00 e. The van der Waals surface area contributed by atoms with Gasteiger partial charge in [0.2, 0.25) is 16.3 Å². The van der Waals surface area contributed by atoms with Crippen LogP contribution in [0.1, 0.15) is 91.2 Å². The van der Waals surface area contributed by atoms with Gasteiger partial charge in [0.15, 0.2) is 24.7 Å². The smallest absolute Gasteiger partial charge is 0.726 e. The fourth-order valence-corrected chi connectivity index (χ4v) is 9.07. The first-order valence-electron chi connectivity index (χ1n) is 22.3. The summed E-state index contributed by atoms with van der Waals surface area (Å²) in [7, 11) is -3.34. The van der Waals surface area contributed by atoms with Crippen LogP contribution in [-0.4, -0.2) is 188 Å². The van der Waals surface area contributed by atoms with Gasteiger partial charge in [0.25, 0.3) is 5.56 Å². The second-order valence-corrected chi connectivity index (χ2v) is 18.9. The van der Waals surface area contributed by atoms with Crippen LogP contribution in [0.25, 0.3) is 0 Å². The summed E-state index contributed by atoms with van der Waals surface area (Å²) < 4.78 is 69.7. The number of hydrogen-bond donors (Lipinski definition) is 7. The molecular formula is C41H64N5NaO21S. The Labute approximate surface area is 419 Å². The number of nitrogens with two attached hydrogens (primary N) is 1. The van der Waals surface area contributed by atoms with Gasteiger partial charge >= 0.3 is 59.1 Å². The number of aliphatic hydroxyl groups is 3. The second-order valence-electron chi connectivity index (χ2n) is 17.9. The van der Waals surface area contributed by atoms with Gasteiger partial charge in [-0.15, -0.1) is 0 Å². The molecule has 0 radical (unpaired) electrons. The molecule has 3 aliphatic heterocycles. The number of rotatable bonds is 25. The van der Waals surface area contributed by atoms with Crippen molar-refractivity contribution in [2.45, 2.75) is 165 Å². The summed E-state index contributed by atoms with van der Waals surface area (Å²) in [6.45, 7) is 4.69. The number of aliphatic hydroxyl groups excluding tert-OH is 3. The number of aromatic amines is 1. The Morgan fingerprint density at radius 1 is 0.913 bits per heavy atom. The van der Waals surface area contributed by atoms with Gasteiger partial charge in [0.1, 0.15) is 54.9 Å². The number of nitrogens with one attached hydrogen (secondary N) is 1. The van der Waals surface area contributed by atoms with E-state index in [1.807, 2.05) is 4.98 Å². The van der Waals surface area contributed by atoms with Gasteiger partial charge in [-0.3, -0.25) is 42.6 Å². The van der Waals surface area contributed by atoms with Gasteiger partial charge in [-0.25, -0.2) is 18.0 Å². The van der Waals surface area contributed by atoms with Crippen LogP contribution in [0, 0.1) is 11.8 Å². The second kappa shape index (κ2) is 26.9. The summed E-state index contributed by atoms with van der Waals surface area (Å²) in [5, 5.41) is 53.3. The van der Waals surface area contributed by atoms with Crippen molar-refractivity contribution < 1.29 is 120 Å². The van der Waals surface area contributed by atoms with Crippen LogP contribution in [0.4, 0.5) is 0 Å². The molecule has 4 heterocycles. The summed E-state index contributed by atoms with van der Waals surface area (Å²) in [5.74, 6) is -5.77. The molecule has 386 valence electrons. The van der Waals surface area contributed by atoms with Crippen LogP contribution in [0.5, 0.6) is 0 Å². The first kappa shape index (κ1) is 59.9. The molecule has 0 spiro atoms. The Morgan fingerprint density at radius 2 is 1.55 bits per heavy atom. The minimum absolute atomic E-state index is 0. The van der Waals surface area contributed by atoms with Gasteiger partial charge in [-0.2, -0.15) is 0 Å². The molecule has 0 aliphatic carbocycles. The van der Waals surface area contributed by atoms with Crippen LogP contribution in [0.2, 0.25) is 0 Å². The molecule has 1 aromatic rings. The van der Waals surface area contributed by atoms with Crippen molar-refractivity contribution in [1.82, 2.24) is 19.4 Å². The molecule has 4 rings (SSSR count). The van der Waals surface area contributed by atoms with Gasteiger partial charge in [0, 0.05) is 45.2 Å².